The van der Waals surface area contributed by atoms with E-state index < -0.39 is 22.0 Å². The number of amides is 2. The minimum atomic E-state index is -3.38. The van der Waals surface area contributed by atoms with Gasteiger partial charge in [-0.3, -0.25) is 13.9 Å². The zero-order valence-corrected chi connectivity index (χ0v) is 20.7. The highest BCUT2D eigenvalue weighted by Crippen LogP contribution is 2.22. The summed E-state index contributed by atoms with van der Waals surface area (Å²) in [6.45, 7) is 2.18. The van der Waals surface area contributed by atoms with E-state index in [9.17, 15) is 18.0 Å². The second kappa shape index (κ2) is 11.5. The molecule has 0 saturated carbocycles. The van der Waals surface area contributed by atoms with Gasteiger partial charge in [0, 0.05) is 13.6 Å². The smallest absolute Gasteiger partial charge is 0.265 e. The van der Waals surface area contributed by atoms with Crippen LogP contribution in [0.25, 0.3) is 0 Å². The first-order chi connectivity index (χ1) is 16.7. The van der Waals surface area contributed by atoms with Crippen LogP contribution in [-0.2, 0) is 21.4 Å². The van der Waals surface area contributed by atoms with Crippen molar-refractivity contribution in [2.24, 2.45) is 0 Å². The maximum atomic E-state index is 13.0. The molecule has 3 aromatic carbocycles. The number of hydrogen-bond donors (Lipinski definition) is 2. The van der Waals surface area contributed by atoms with Gasteiger partial charge in [0.25, 0.3) is 11.8 Å². The van der Waals surface area contributed by atoms with Crippen LogP contribution < -0.4 is 19.7 Å². The van der Waals surface area contributed by atoms with Crippen molar-refractivity contribution in [1.29, 1.82) is 0 Å². The predicted octanol–water partition coefficient (Wildman–Crippen LogP) is 3.81. The van der Waals surface area contributed by atoms with Gasteiger partial charge in [-0.15, -0.1) is 0 Å². The van der Waals surface area contributed by atoms with Crippen molar-refractivity contribution < 1.29 is 22.7 Å². The van der Waals surface area contributed by atoms with E-state index in [2.05, 4.69) is 10.6 Å². The molecule has 184 valence electrons. The Hall–Kier alpha value is -3.85. The molecule has 2 N–H and O–H groups in total. The Labute approximate surface area is 206 Å². The monoisotopic (exact) mass is 495 g/mol. The fraction of sp³-hybridized carbons (Fsp3) is 0.231. The van der Waals surface area contributed by atoms with E-state index in [1.165, 1.54) is 7.05 Å². The molecule has 1 atom stereocenters. The maximum Gasteiger partial charge on any atom is 0.265 e. The van der Waals surface area contributed by atoms with Crippen molar-refractivity contribution in [2.45, 2.75) is 26.0 Å². The summed E-state index contributed by atoms with van der Waals surface area (Å²) in [6.07, 6.45) is 0.697. The molecule has 0 spiro atoms. The molecule has 35 heavy (non-hydrogen) atoms. The third-order valence-electron chi connectivity index (χ3n) is 5.36. The van der Waals surface area contributed by atoms with Crippen molar-refractivity contribution in [1.82, 2.24) is 5.32 Å². The second-order valence-corrected chi connectivity index (χ2v) is 9.96. The molecule has 0 aliphatic rings. The molecule has 0 aromatic heterocycles. The quantitative estimate of drug-likeness (QED) is 0.445. The lowest BCUT2D eigenvalue weighted by Gasteiger charge is -2.20. The topological polar surface area (TPSA) is 105 Å². The first-order valence-corrected chi connectivity index (χ1v) is 13.0. The van der Waals surface area contributed by atoms with Gasteiger partial charge in [0.15, 0.2) is 6.10 Å². The van der Waals surface area contributed by atoms with E-state index in [-0.39, 0.29) is 5.91 Å². The van der Waals surface area contributed by atoms with Gasteiger partial charge < -0.3 is 15.4 Å². The number of para-hydroxylation sites is 1. The largest absolute Gasteiger partial charge is 0.481 e. The molecule has 0 heterocycles. The highest BCUT2D eigenvalue weighted by atomic mass is 32.2. The van der Waals surface area contributed by atoms with E-state index in [1.54, 1.807) is 48.5 Å². The van der Waals surface area contributed by atoms with Crippen molar-refractivity contribution in [3.8, 4) is 5.75 Å². The number of rotatable bonds is 10. The zero-order valence-electron chi connectivity index (χ0n) is 19.9. The second-order valence-electron chi connectivity index (χ2n) is 7.94. The minimum absolute atomic E-state index is 0.302. The third-order valence-corrected chi connectivity index (χ3v) is 6.57. The fourth-order valence-corrected chi connectivity index (χ4v) is 3.79. The van der Waals surface area contributed by atoms with E-state index in [0.29, 0.717) is 35.7 Å². The number of carbonyl (C=O) groups excluding carboxylic acids is 2. The SMILES string of the molecule is CC[C@H](Oc1ccc(N(C)S(C)(=O)=O)cc1)C(=O)Nc1ccccc1C(=O)NCc1ccccc1. The van der Waals surface area contributed by atoms with Crippen LogP contribution in [0.4, 0.5) is 11.4 Å². The summed E-state index contributed by atoms with van der Waals surface area (Å²) in [5, 5.41) is 5.67. The van der Waals surface area contributed by atoms with E-state index in [1.807, 2.05) is 37.3 Å². The van der Waals surface area contributed by atoms with Crippen LogP contribution in [0.1, 0.15) is 29.3 Å². The Morgan fingerprint density at radius 1 is 0.943 bits per heavy atom. The molecule has 0 aliphatic carbocycles. The molecule has 3 aromatic rings. The summed E-state index contributed by atoms with van der Waals surface area (Å²) >= 11 is 0. The third kappa shape index (κ3) is 7.07. The standard InChI is InChI=1S/C26H29N3O5S/c1-4-24(34-21-16-14-20(15-17-21)29(2)35(3,32)33)26(31)28-23-13-9-8-12-22(23)25(30)27-18-19-10-6-5-7-11-19/h5-17,24H,4,18H2,1-3H3,(H,27,30)(H,28,31)/t24-/m0/s1. The normalized spacial score (nSPS) is 11.9. The summed E-state index contributed by atoms with van der Waals surface area (Å²) in [5.74, 6) is -0.274. The molecular weight excluding hydrogens is 466 g/mol. The molecule has 0 fully saturated rings. The molecule has 0 aliphatic heterocycles. The Morgan fingerprint density at radius 3 is 2.20 bits per heavy atom. The van der Waals surface area contributed by atoms with Gasteiger partial charge in [-0.2, -0.15) is 0 Å². The molecule has 0 saturated heterocycles. The van der Waals surface area contributed by atoms with Gasteiger partial charge in [-0.25, -0.2) is 8.42 Å². The van der Waals surface area contributed by atoms with Crippen LogP contribution in [0.5, 0.6) is 5.75 Å². The molecule has 0 unspecified atom stereocenters. The Morgan fingerprint density at radius 2 is 1.57 bits per heavy atom. The number of anilines is 2. The first kappa shape index (κ1) is 25.8. The zero-order chi connectivity index (χ0) is 25.4. The number of nitrogens with one attached hydrogen (secondary N) is 2. The Bertz CT molecular complexity index is 1260. The number of ether oxygens (including phenoxy) is 1. The van der Waals surface area contributed by atoms with E-state index in [4.69, 9.17) is 4.74 Å². The van der Waals surface area contributed by atoms with Crippen LogP contribution in [0.2, 0.25) is 0 Å². The van der Waals surface area contributed by atoms with E-state index >= 15 is 0 Å². The summed E-state index contributed by atoms with van der Waals surface area (Å²) in [4.78, 5) is 25.7. The van der Waals surface area contributed by atoms with Crippen LogP contribution in [0.15, 0.2) is 78.9 Å². The molecule has 8 nitrogen and oxygen atoms in total. The van der Waals surface area contributed by atoms with Crippen LogP contribution in [0, 0.1) is 0 Å². The van der Waals surface area contributed by atoms with Crippen molar-refractivity contribution in [2.75, 3.05) is 22.9 Å². The predicted molar refractivity (Wildman–Crippen MR) is 137 cm³/mol. The summed E-state index contributed by atoms with van der Waals surface area (Å²) < 4.78 is 30.4. The van der Waals surface area contributed by atoms with Crippen molar-refractivity contribution in [3.63, 3.8) is 0 Å². The molecule has 9 heteroatoms. The number of benzene rings is 3. The number of hydrogen-bond acceptors (Lipinski definition) is 5. The first-order valence-electron chi connectivity index (χ1n) is 11.1. The van der Waals surface area contributed by atoms with Crippen molar-refractivity contribution >= 4 is 33.2 Å². The van der Waals surface area contributed by atoms with Crippen LogP contribution in [-0.4, -0.2) is 39.6 Å². The van der Waals surface area contributed by atoms with E-state index in [0.717, 1.165) is 16.1 Å². The highest BCUT2D eigenvalue weighted by molar-refractivity contribution is 7.92. The van der Waals surface area contributed by atoms with Gasteiger partial charge in [0.1, 0.15) is 5.75 Å². The van der Waals surface area contributed by atoms with Crippen LogP contribution in [0.3, 0.4) is 0 Å². The van der Waals surface area contributed by atoms with Gasteiger partial charge >= 0.3 is 0 Å². The van der Waals surface area contributed by atoms with Crippen LogP contribution >= 0.6 is 0 Å². The number of sulfonamides is 1. The minimum Gasteiger partial charge on any atom is -0.481 e. The summed E-state index contributed by atoms with van der Waals surface area (Å²) in [5.41, 5.74) is 2.18. The van der Waals surface area contributed by atoms with Gasteiger partial charge in [0.2, 0.25) is 10.0 Å². The molecular formula is C26H29N3O5S. The maximum absolute atomic E-state index is 13.0. The average Bonchev–Trinajstić information content (AvgIpc) is 2.86. The Balaban J connectivity index is 1.66. The van der Waals surface area contributed by atoms with Gasteiger partial charge in [-0.05, 0) is 48.4 Å². The highest BCUT2D eigenvalue weighted by Gasteiger charge is 2.21. The van der Waals surface area contributed by atoms with Gasteiger partial charge in [-0.1, -0.05) is 49.4 Å². The lowest BCUT2D eigenvalue weighted by atomic mass is 10.1. The number of carbonyl (C=O) groups is 2. The van der Waals surface area contributed by atoms with Crippen molar-refractivity contribution in [3.05, 3.63) is 90.0 Å². The molecule has 0 bridgehead atoms. The summed E-state index contributed by atoms with van der Waals surface area (Å²) in [6, 6.07) is 22.8. The fourth-order valence-electron chi connectivity index (χ4n) is 3.29. The lowest BCUT2D eigenvalue weighted by Crippen LogP contribution is -2.33. The molecule has 0 radical (unpaired) electrons. The Kier molecular flexibility index (Phi) is 8.48. The average molecular weight is 496 g/mol. The molecule has 2 amide bonds. The van der Waals surface area contributed by atoms with Gasteiger partial charge in [0.05, 0.1) is 23.2 Å². The number of nitrogens with zero attached hydrogens (tertiary/aromatic N) is 1. The summed E-state index contributed by atoms with van der Waals surface area (Å²) in [7, 11) is -1.92. The molecule has 3 rings (SSSR count). The lowest BCUT2D eigenvalue weighted by molar-refractivity contribution is -0.122.